The van der Waals surface area contributed by atoms with Crippen molar-refractivity contribution >= 4 is 44.8 Å². The molecule has 0 radical (unpaired) electrons. The number of nitrogens with zero attached hydrogens (tertiary/aromatic N) is 3. The van der Waals surface area contributed by atoms with Crippen LogP contribution >= 0.6 is 23.2 Å². The van der Waals surface area contributed by atoms with Crippen molar-refractivity contribution < 1.29 is 13.2 Å². The Labute approximate surface area is 167 Å². The van der Waals surface area contributed by atoms with Gasteiger partial charge in [0.1, 0.15) is 10.8 Å². The molecule has 0 saturated carbocycles. The summed E-state index contributed by atoms with van der Waals surface area (Å²) in [4.78, 5) is 18.5. The van der Waals surface area contributed by atoms with Crippen LogP contribution in [-0.4, -0.2) is 61.7 Å². The predicted molar refractivity (Wildman–Crippen MR) is 105 cm³/mol. The Morgan fingerprint density at radius 1 is 1.11 bits per heavy atom. The van der Waals surface area contributed by atoms with Gasteiger partial charge in [0.05, 0.1) is 9.92 Å². The van der Waals surface area contributed by atoms with Crippen LogP contribution in [0.25, 0.3) is 0 Å². The number of benzene rings is 1. The molecule has 0 bridgehead atoms. The van der Waals surface area contributed by atoms with Gasteiger partial charge in [0, 0.05) is 31.9 Å². The van der Waals surface area contributed by atoms with Crippen LogP contribution in [0.5, 0.6) is 0 Å². The summed E-state index contributed by atoms with van der Waals surface area (Å²) < 4.78 is 27.1. The number of amides is 1. The second-order valence-electron chi connectivity index (χ2n) is 6.15. The van der Waals surface area contributed by atoms with E-state index in [1.165, 1.54) is 28.6 Å². The second kappa shape index (κ2) is 8.12. The van der Waals surface area contributed by atoms with Crippen molar-refractivity contribution in [3.05, 3.63) is 52.3 Å². The van der Waals surface area contributed by atoms with Crippen LogP contribution < -0.4 is 5.32 Å². The summed E-state index contributed by atoms with van der Waals surface area (Å²) in [6.07, 6.45) is 0. The molecule has 1 saturated heterocycles. The molecule has 7 nitrogen and oxygen atoms in total. The lowest BCUT2D eigenvalue weighted by molar-refractivity contribution is 0.102. The van der Waals surface area contributed by atoms with Crippen molar-refractivity contribution in [1.29, 1.82) is 0 Å². The first-order chi connectivity index (χ1) is 12.8. The number of sulfonamides is 1. The number of hydrogen-bond acceptors (Lipinski definition) is 5. The summed E-state index contributed by atoms with van der Waals surface area (Å²) >= 11 is 11.8. The number of halogens is 2. The zero-order chi connectivity index (χ0) is 19.6. The zero-order valence-electron chi connectivity index (χ0n) is 14.5. The lowest BCUT2D eigenvalue weighted by Crippen LogP contribution is -2.47. The Morgan fingerprint density at radius 2 is 1.81 bits per heavy atom. The normalized spacial score (nSPS) is 16.3. The average Bonchev–Trinajstić information content (AvgIpc) is 2.64. The third-order valence-corrected chi connectivity index (χ3v) is 6.63. The van der Waals surface area contributed by atoms with Crippen molar-refractivity contribution in [2.45, 2.75) is 4.90 Å². The van der Waals surface area contributed by atoms with Crippen molar-refractivity contribution in [1.82, 2.24) is 14.2 Å². The highest BCUT2D eigenvalue weighted by molar-refractivity contribution is 7.89. The van der Waals surface area contributed by atoms with E-state index >= 15 is 0 Å². The largest absolute Gasteiger partial charge is 0.321 e. The smallest absolute Gasteiger partial charge is 0.275 e. The topological polar surface area (TPSA) is 82.6 Å². The third kappa shape index (κ3) is 4.59. The number of piperazine rings is 1. The molecular weight excluding hydrogens is 411 g/mol. The van der Waals surface area contributed by atoms with E-state index in [2.05, 4.69) is 15.2 Å². The van der Waals surface area contributed by atoms with Gasteiger partial charge < -0.3 is 10.2 Å². The maximum Gasteiger partial charge on any atom is 0.275 e. The zero-order valence-corrected chi connectivity index (χ0v) is 16.9. The maximum absolute atomic E-state index is 12.8. The van der Waals surface area contributed by atoms with Crippen LogP contribution in [0.1, 0.15) is 10.5 Å². The van der Waals surface area contributed by atoms with Crippen molar-refractivity contribution in [2.75, 3.05) is 38.5 Å². The van der Waals surface area contributed by atoms with Crippen LogP contribution in [0.2, 0.25) is 10.2 Å². The monoisotopic (exact) mass is 428 g/mol. The number of carbonyl (C=O) groups is 1. The minimum atomic E-state index is -3.63. The van der Waals surface area contributed by atoms with E-state index < -0.39 is 15.9 Å². The first kappa shape index (κ1) is 20.0. The molecule has 3 rings (SSSR count). The summed E-state index contributed by atoms with van der Waals surface area (Å²) in [6.45, 7) is 2.21. The first-order valence-electron chi connectivity index (χ1n) is 8.19. The number of carbonyl (C=O) groups excluding carboxylic acids is 1. The molecule has 0 aliphatic carbocycles. The number of rotatable bonds is 4. The van der Waals surface area contributed by atoms with E-state index in [9.17, 15) is 13.2 Å². The number of pyridine rings is 1. The van der Waals surface area contributed by atoms with Gasteiger partial charge in [-0.15, -0.1) is 0 Å². The molecule has 144 valence electrons. The molecule has 10 heteroatoms. The van der Waals surface area contributed by atoms with Gasteiger partial charge in [-0.05, 0) is 37.4 Å². The van der Waals surface area contributed by atoms with Crippen LogP contribution in [0.4, 0.5) is 5.69 Å². The SMILES string of the molecule is CN1CCN(S(=O)(=O)c2cccc(NC(=O)c3nc(Cl)ccc3Cl)c2)CC1. The molecule has 1 aliphatic heterocycles. The number of nitrogens with one attached hydrogen (secondary N) is 1. The van der Waals surface area contributed by atoms with Gasteiger partial charge in [-0.2, -0.15) is 4.31 Å². The summed E-state index contributed by atoms with van der Waals surface area (Å²) in [5, 5.41) is 2.90. The van der Waals surface area contributed by atoms with Gasteiger partial charge in [0.15, 0.2) is 0 Å². The molecule has 0 unspecified atom stereocenters. The highest BCUT2D eigenvalue weighted by Gasteiger charge is 2.27. The van der Waals surface area contributed by atoms with Gasteiger partial charge in [-0.1, -0.05) is 29.3 Å². The molecular formula is C17H18Cl2N4O3S. The number of hydrogen-bond donors (Lipinski definition) is 1. The van der Waals surface area contributed by atoms with Crippen LogP contribution in [-0.2, 0) is 10.0 Å². The molecule has 0 atom stereocenters. The molecule has 1 aromatic carbocycles. The van der Waals surface area contributed by atoms with Crippen molar-refractivity contribution in [2.24, 2.45) is 0 Å². The molecule has 27 heavy (non-hydrogen) atoms. The van der Waals surface area contributed by atoms with Crippen LogP contribution in [0, 0.1) is 0 Å². The Kier molecular flexibility index (Phi) is 6.02. The van der Waals surface area contributed by atoms with E-state index in [1.54, 1.807) is 12.1 Å². The lowest BCUT2D eigenvalue weighted by Gasteiger charge is -2.31. The molecule has 1 aromatic heterocycles. The third-order valence-electron chi connectivity index (χ3n) is 4.22. The number of anilines is 1. The fourth-order valence-electron chi connectivity index (χ4n) is 2.68. The van der Waals surface area contributed by atoms with E-state index in [4.69, 9.17) is 23.2 Å². The fraction of sp³-hybridized carbons (Fsp3) is 0.294. The van der Waals surface area contributed by atoms with Crippen LogP contribution in [0.3, 0.4) is 0 Å². The summed E-state index contributed by atoms with van der Waals surface area (Å²) in [6, 6.07) is 9.05. The standard InChI is InChI=1S/C17H18Cl2N4O3S/c1-22-7-9-23(10-8-22)27(25,26)13-4-2-3-12(11-13)20-17(24)16-14(18)5-6-15(19)21-16/h2-6,11H,7-10H2,1H3,(H,20,24). The fourth-order valence-corrected chi connectivity index (χ4v) is 4.49. The Morgan fingerprint density at radius 3 is 2.52 bits per heavy atom. The van der Waals surface area contributed by atoms with Gasteiger partial charge in [0.25, 0.3) is 5.91 Å². The van der Waals surface area contributed by atoms with E-state index in [0.717, 1.165) is 0 Å². The highest BCUT2D eigenvalue weighted by atomic mass is 35.5. The van der Waals surface area contributed by atoms with Crippen molar-refractivity contribution in [3.63, 3.8) is 0 Å². The summed E-state index contributed by atoms with van der Waals surface area (Å²) in [7, 11) is -1.68. The highest BCUT2D eigenvalue weighted by Crippen LogP contribution is 2.22. The number of aromatic nitrogens is 1. The minimum Gasteiger partial charge on any atom is -0.321 e. The van der Waals surface area contributed by atoms with Crippen molar-refractivity contribution in [3.8, 4) is 0 Å². The van der Waals surface area contributed by atoms with E-state index in [0.29, 0.717) is 31.9 Å². The molecule has 2 aromatic rings. The van der Waals surface area contributed by atoms with Crippen LogP contribution in [0.15, 0.2) is 41.3 Å². The second-order valence-corrected chi connectivity index (χ2v) is 8.89. The van der Waals surface area contributed by atoms with Gasteiger partial charge >= 0.3 is 0 Å². The number of likely N-dealkylation sites (N-methyl/N-ethyl adjacent to an activating group) is 1. The molecule has 1 aliphatic rings. The molecule has 1 N–H and O–H groups in total. The molecule has 1 amide bonds. The Balaban J connectivity index is 1.81. The van der Waals surface area contributed by atoms with E-state index in [-0.39, 0.29) is 20.8 Å². The Bertz CT molecular complexity index is 960. The predicted octanol–water partition coefficient (Wildman–Crippen LogP) is 2.58. The summed E-state index contributed by atoms with van der Waals surface area (Å²) in [5.41, 5.74) is 0.296. The summed E-state index contributed by atoms with van der Waals surface area (Å²) in [5.74, 6) is -0.573. The first-order valence-corrected chi connectivity index (χ1v) is 10.4. The maximum atomic E-state index is 12.8. The Hall–Kier alpha value is -1.71. The lowest BCUT2D eigenvalue weighted by atomic mass is 10.3. The quantitative estimate of drug-likeness (QED) is 0.756. The van der Waals surface area contributed by atoms with Gasteiger partial charge in [-0.3, -0.25) is 4.79 Å². The van der Waals surface area contributed by atoms with E-state index in [1.807, 2.05) is 7.05 Å². The average molecular weight is 429 g/mol. The molecule has 1 fully saturated rings. The van der Waals surface area contributed by atoms with Gasteiger partial charge in [0.2, 0.25) is 10.0 Å². The van der Waals surface area contributed by atoms with Gasteiger partial charge in [-0.25, -0.2) is 13.4 Å². The minimum absolute atomic E-state index is 0.0310. The molecule has 2 heterocycles. The molecule has 0 spiro atoms.